The summed E-state index contributed by atoms with van der Waals surface area (Å²) in [6.07, 6.45) is 5.83. The van der Waals surface area contributed by atoms with Gasteiger partial charge in [-0.3, -0.25) is 34.0 Å². The van der Waals surface area contributed by atoms with E-state index in [-0.39, 0.29) is 35.9 Å². The average molecular weight is 780 g/mol. The number of amides is 3. The van der Waals surface area contributed by atoms with Crippen molar-refractivity contribution >= 4 is 39.9 Å². The zero-order valence-corrected chi connectivity index (χ0v) is 32.8. The molecule has 3 amide bonds. The molecule has 4 aromatic rings. The number of carbonyl (C=O) groups is 3. The molecule has 15 heteroatoms. The number of methoxy groups -OCH3 is 2. The molecule has 4 heterocycles. The third-order valence-electron chi connectivity index (χ3n) is 10.0. The lowest BCUT2D eigenvalue weighted by molar-refractivity contribution is -0.122. The van der Waals surface area contributed by atoms with Crippen molar-refractivity contribution in [2.75, 3.05) is 72.6 Å². The highest BCUT2D eigenvalue weighted by molar-refractivity contribution is 6.13. The normalized spacial score (nSPS) is 15.2. The van der Waals surface area contributed by atoms with E-state index in [0.717, 1.165) is 27.6 Å². The lowest BCUT2D eigenvalue weighted by atomic mass is 9.99. The summed E-state index contributed by atoms with van der Waals surface area (Å²) in [6.45, 7) is 10.9. The maximum atomic E-state index is 13.5. The quantitative estimate of drug-likeness (QED) is 0.127. The van der Waals surface area contributed by atoms with Gasteiger partial charge in [0.1, 0.15) is 11.5 Å². The molecule has 0 bridgehead atoms. The minimum atomic E-state index is -0.341. The topological polar surface area (TPSA) is 166 Å². The van der Waals surface area contributed by atoms with Crippen LogP contribution in [0.4, 0.5) is 5.69 Å². The lowest BCUT2D eigenvalue weighted by Crippen LogP contribution is -2.45. The van der Waals surface area contributed by atoms with Gasteiger partial charge in [0.25, 0.3) is 11.5 Å². The number of likely N-dealkylation sites (N-methyl/N-ethyl adjacent to an activating group) is 1. The van der Waals surface area contributed by atoms with E-state index in [9.17, 15) is 19.2 Å². The van der Waals surface area contributed by atoms with Crippen LogP contribution in [-0.4, -0.2) is 110 Å². The SMILES string of the molecule is C=C1NC(=O)CCC1N1C(=C)c2cccc(NCCOCCOCCNC(=O)CN(C)Cc3c(OC)cc(-c4cn(C)c(=O)c5cnccc45)cc3OC)c2C1=O. The predicted molar refractivity (Wildman–Crippen MR) is 217 cm³/mol. The Balaban J connectivity index is 0.901. The molecule has 1 atom stereocenters. The average Bonchev–Trinajstić information content (AvgIpc) is 3.45. The van der Waals surface area contributed by atoms with E-state index >= 15 is 0 Å². The van der Waals surface area contributed by atoms with Gasteiger partial charge < -0.3 is 39.5 Å². The highest BCUT2D eigenvalue weighted by Gasteiger charge is 2.40. The Morgan fingerprint density at radius 1 is 0.982 bits per heavy atom. The number of aryl methyl sites for hydroxylation is 1. The molecular weight excluding hydrogens is 731 g/mol. The number of hydrogen-bond acceptors (Lipinski definition) is 11. The first-order valence-corrected chi connectivity index (χ1v) is 18.7. The van der Waals surface area contributed by atoms with Gasteiger partial charge in [0.2, 0.25) is 11.8 Å². The molecule has 0 saturated carbocycles. The number of aromatic nitrogens is 2. The second kappa shape index (κ2) is 18.3. The second-order valence-electron chi connectivity index (χ2n) is 13.9. The van der Waals surface area contributed by atoms with Gasteiger partial charge in [0.15, 0.2) is 0 Å². The number of nitrogens with zero attached hydrogens (tertiary/aromatic N) is 4. The highest BCUT2D eigenvalue weighted by Crippen LogP contribution is 2.40. The molecular formula is C42H49N7O8. The van der Waals surface area contributed by atoms with Crippen molar-refractivity contribution in [1.82, 2.24) is 30.0 Å². The van der Waals surface area contributed by atoms with Crippen LogP contribution in [0.5, 0.6) is 11.5 Å². The number of ether oxygens (including phenoxy) is 4. The molecule has 57 heavy (non-hydrogen) atoms. The van der Waals surface area contributed by atoms with E-state index < -0.39 is 0 Å². The van der Waals surface area contributed by atoms with Crippen LogP contribution < -0.4 is 31.0 Å². The molecule has 3 N–H and O–H groups in total. The van der Waals surface area contributed by atoms with Crippen LogP contribution >= 0.6 is 0 Å². The van der Waals surface area contributed by atoms with Crippen molar-refractivity contribution in [3.05, 3.63) is 101 Å². The van der Waals surface area contributed by atoms with Crippen molar-refractivity contribution in [3.63, 3.8) is 0 Å². The number of anilines is 1. The zero-order chi connectivity index (χ0) is 40.6. The highest BCUT2D eigenvalue weighted by atomic mass is 16.5. The first kappa shape index (κ1) is 40.6. The number of carbonyl (C=O) groups excluding carboxylic acids is 3. The van der Waals surface area contributed by atoms with Crippen molar-refractivity contribution in [1.29, 1.82) is 0 Å². The van der Waals surface area contributed by atoms with E-state index in [4.69, 9.17) is 18.9 Å². The Morgan fingerprint density at radius 2 is 1.70 bits per heavy atom. The number of rotatable bonds is 18. The number of nitrogens with one attached hydrogen (secondary N) is 3. The van der Waals surface area contributed by atoms with Crippen molar-refractivity contribution in [3.8, 4) is 22.6 Å². The van der Waals surface area contributed by atoms with Gasteiger partial charge >= 0.3 is 0 Å². The van der Waals surface area contributed by atoms with Crippen LogP contribution in [-0.2, 0) is 32.7 Å². The summed E-state index contributed by atoms with van der Waals surface area (Å²) >= 11 is 0. The molecule has 2 aliphatic rings. The van der Waals surface area contributed by atoms with Gasteiger partial charge in [0, 0.05) is 79.9 Å². The molecule has 300 valence electrons. The fourth-order valence-corrected chi connectivity index (χ4v) is 7.23. The van der Waals surface area contributed by atoms with Crippen LogP contribution in [0.1, 0.15) is 34.3 Å². The number of piperidine rings is 1. The molecule has 2 aromatic heterocycles. The molecule has 15 nitrogen and oxygen atoms in total. The standard InChI is InChI=1S/C42H49N7O8/c1-26-35(10-11-38(50)46-26)49-27(2)29-8-7-9-34(40(29)42(49)53)44-14-16-56-18-19-57-17-15-45-39(51)25-47(3)23-33-36(54-5)20-28(21-37(33)55-6)32-24-48(4)41(52)31-22-43-13-12-30(31)32/h7-9,12-13,20-22,24,35,44H,1-2,10-11,14-19,23,25H2,3-6H3,(H,45,51)(H,46,50). The molecule has 1 saturated heterocycles. The second-order valence-corrected chi connectivity index (χ2v) is 13.9. The van der Waals surface area contributed by atoms with Gasteiger partial charge in [-0.2, -0.15) is 0 Å². The number of pyridine rings is 2. The predicted octanol–water partition coefficient (Wildman–Crippen LogP) is 3.53. The van der Waals surface area contributed by atoms with Crippen LogP contribution in [0, 0.1) is 0 Å². The number of hydrogen-bond donors (Lipinski definition) is 3. The van der Waals surface area contributed by atoms with Crippen LogP contribution in [0.2, 0.25) is 0 Å². The molecule has 1 unspecified atom stereocenters. The van der Waals surface area contributed by atoms with Crippen molar-refractivity contribution in [2.45, 2.75) is 25.4 Å². The van der Waals surface area contributed by atoms with E-state index in [2.05, 4.69) is 34.1 Å². The summed E-state index contributed by atoms with van der Waals surface area (Å²) in [6, 6.07) is 10.9. The summed E-state index contributed by atoms with van der Waals surface area (Å²) in [7, 11) is 6.72. The van der Waals surface area contributed by atoms with Gasteiger partial charge in [-0.25, -0.2) is 0 Å². The molecule has 2 aliphatic heterocycles. The monoisotopic (exact) mass is 779 g/mol. The van der Waals surface area contributed by atoms with Gasteiger partial charge in [0.05, 0.1) is 69.7 Å². The van der Waals surface area contributed by atoms with E-state index in [1.807, 2.05) is 48.3 Å². The number of fused-ring (bicyclic) bond motifs is 2. The van der Waals surface area contributed by atoms with Crippen molar-refractivity contribution < 1.29 is 33.3 Å². The number of benzene rings is 2. The molecule has 2 aromatic carbocycles. The van der Waals surface area contributed by atoms with E-state index in [1.54, 1.807) is 44.8 Å². The third-order valence-corrected chi connectivity index (χ3v) is 10.0. The minimum Gasteiger partial charge on any atom is -0.496 e. The lowest BCUT2D eigenvalue weighted by Gasteiger charge is -2.33. The third kappa shape index (κ3) is 9.01. The summed E-state index contributed by atoms with van der Waals surface area (Å²) in [5.74, 6) is 0.757. The fourth-order valence-electron chi connectivity index (χ4n) is 7.23. The molecule has 6 rings (SSSR count). The van der Waals surface area contributed by atoms with Gasteiger partial charge in [-0.1, -0.05) is 25.3 Å². The Bertz CT molecular complexity index is 2230. The van der Waals surface area contributed by atoms with Gasteiger partial charge in [-0.05, 0) is 48.7 Å². The largest absolute Gasteiger partial charge is 0.496 e. The zero-order valence-electron chi connectivity index (χ0n) is 32.8. The minimum absolute atomic E-state index is 0.0990. The summed E-state index contributed by atoms with van der Waals surface area (Å²) in [5.41, 5.74) is 5.38. The summed E-state index contributed by atoms with van der Waals surface area (Å²) in [4.78, 5) is 58.4. The Labute approximate surface area is 331 Å². The van der Waals surface area contributed by atoms with Crippen LogP contribution in [0.15, 0.2) is 78.6 Å². The Morgan fingerprint density at radius 3 is 2.40 bits per heavy atom. The van der Waals surface area contributed by atoms with E-state index in [1.165, 1.54) is 4.57 Å². The molecule has 0 aliphatic carbocycles. The smallest absolute Gasteiger partial charge is 0.261 e. The Hall–Kier alpha value is -6.03. The maximum absolute atomic E-state index is 13.5. The summed E-state index contributed by atoms with van der Waals surface area (Å²) in [5, 5.41) is 10.2. The first-order valence-electron chi connectivity index (χ1n) is 18.7. The molecule has 1 fully saturated rings. The van der Waals surface area contributed by atoms with Gasteiger partial charge in [-0.15, -0.1) is 0 Å². The Kier molecular flexibility index (Phi) is 13.0. The first-order chi connectivity index (χ1) is 27.5. The van der Waals surface area contributed by atoms with Crippen LogP contribution in [0.25, 0.3) is 27.6 Å². The van der Waals surface area contributed by atoms with E-state index in [0.29, 0.717) is 98.4 Å². The fraction of sp³-hybridized carbons (Fsp3) is 0.357. The molecule has 0 spiro atoms. The van der Waals surface area contributed by atoms with Crippen molar-refractivity contribution in [2.24, 2.45) is 7.05 Å². The molecule has 0 radical (unpaired) electrons. The maximum Gasteiger partial charge on any atom is 0.261 e. The van der Waals surface area contributed by atoms with Crippen LogP contribution in [0.3, 0.4) is 0 Å². The summed E-state index contributed by atoms with van der Waals surface area (Å²) < 4.78 is 24.5.